The summed E-state index contributed by atoms with van der Waals surface area (Å²) in [4.78, 5) is 51.6. The molecular formula is C28H40N6O5. The first-order valence-electron chi connectivity index (χ1n) is 13.6. The van der Waals surface area contributed by atoms with Gasteiger partial charge in [0.2, 0.25) is 11.9 Å². The number of anilines is 3. The van der Waals surface area contributed by atoms with Crippen LogP contribution in [0.1, 0.15) is 52.4 Å². The molecule has 4 rings (SSSR count). The standard InChI is InChI=1S/C27H36N6O4.CH4O/c1-3-31(4-2)26-28-18-23(33-16-8-11-24(33)35)25(30-26)29-21(19-34)17-20-9-7-10-22(13-12-20)37-27(36)32-14-5-6-15-32;1-2/h7,9,12-13,18-19,21H,3-6,8,10-11,14-17H2,1-2H3,(H,28,29,30);2H,1H3. The minimum absolute atomic E-state index is 0.0282. The van der Waals surface area contributed by atoms with Crippen LogP contribution in [0.3, 0.4) is 0 Å². The molecule has 2 saturated heterocycles. The molecule has 0 radical (unpaired) electrons. The zero-order chi connectivity index (χ0) is 28.2. The van der Waals surface area contributed by atoms with E-state index >= 15 is 0 Å². The zero-order valence-corrected chi connectivity index (χ0v) is 23.1. The Kier molecular flexibility index (Phi) is 11.5. The number of nitrogens with one attached hydrogen (secondary N) is 1. The van der Waals surface area contributed by atoms with Crippen LogP contribution in [0.2, 0.25) is 0 Å². The molecule has 0 aromatic carbocycles. The fourth-order valence-electron chi connectivity index (χ4n) is 4.73. The summed E-state index contributed by atoms with van der Waals surface area (Å²) in [5, 5.41) is 10.3. The highest BCUT2D eigenvalue weighted by Crippen LogP contribution is 2.30. The van der Waals surface area contributed by atoms with E-state index in [4.69, 9.17) is 14.8 Å². The Bertz CT molecular complexity index is 1090. The van der Waals surface area contributed by atoms with Crippen molar-refractivity contribution >= 4 is 35.7 Å². The van der Waals surface area contributed by atoms with Gasteiger partial charge in [0.1, 0.15) is 17.7 Å². The Balaban J connectivity index is 0.00000205. The van der Waals surface area contributed by atoms with Crippen LogP contribution < -0.4 is 15.1 Å². The number of hydrogen-bond acceptors (Lipinski definition) is 9. The molecule has 11 heteroatoms. The minimum Gasteiger partial charge on any atom is -0.414 e. The first-order chi connectivity index (χ1) is 19.0. The summed E-state index contributed by atoms with van der Waals surface area (Å²) < 4.78 is 5.58. The summed E-state index contributed by atoms with van der Waals surface area (Å²) in [5.74, 6) is 1.63. The summed E-state index contributed by atoms with van der Waals surface area (Å²) in [6.45, 7) is 7.61. The lowest BCUT2D eigenvalue weighted by Crippen LogP contribution is -2.30. The van der Waals surface area contributed by atoms with Gasteiger partial charge >= 0.3 is 6.09 Å². The van der Waals surface area contributed by atoms with E-state index in [1.165, 1.54) is 0 Å². The number of aliphatic hydroxyl groups is 1. The number of allylic oxidation sites excluding steroid dienone is 4. The van der Waals surface area contributed by atoms with Gasteiger partial charge in [0.25, 0.3) is 0 Å². The Hall–Kier alpha value is -3.73. The molecule has 2 aliphatic heterocycles. The fraction of sp³-hybridized carbons (Fsp3) is 0.536. The Labute approximate surface area is 230 Å². The highest BCUT2D eigenvalue weighted by Gasteiger charge is 2.27. The molecular weight excluding hydrogens is 500 g/mol. The van der Waals surface area contributed by atoms with Gasteiger partial charge in [0.05, 0.1) is 12.2 Å². The van der Waals surface area contributed by atoms with E-state index in [-0.39, 0.29) is 12.0 Å². The van der Waals surface area contributed by atoms with Crippen molar-refractivity contribution in [2.45, 2.75) is 58.4 Å². The van der Waals surface area contributed by atoms with Crippen LogP contribution in [0, 0.1) is 0 Å². The number of aldehydes is 1. The molecule has 2 N–H and O–H groups in total. The van der Waals surface area contributed by atoms with Crippen molar-refractivity contribution in [2.24, 2.45) is 0 Å². The largest absolute Gasteiger partial charge is 0.414 e. The Morgan fingerprint density at radius 1 is 1.18 bits per heavy atom. The van der Waals surface area contributed by atoms with Crippen molar-refractivity contribution < 1.29 is 24.2 Å². The van der Waals surface area contributed by atoms with Gasteiger partial charge in [-0.1, -0.05) is 18.2 Å². The normalized spacial score (nSPS) is 17.5. The lowest BCUT2D eigenvalue weighted by molar-refractivity contribution is -0.117. The molecule has 212 valence electrons. The van der Waals surface area contributed by atoms with Crippen LogP contribution in [0.4, 0.5) is 22.2 Å². The summed E-state index contributed by atoms with van der Waals surface area (Å²) in [5.41, 5.74) is 1.50. The highest BCUT2D eigenvalue weighted by molar-refractivity contribution is 5.98. The molecule has 1 aromatic rings. The molecule has 2 amide bonds. The average molecular weight is 541 g/mol. The molecule has 2 fully saturated rings. The third kappa shape index (κ3) is 7.89. The van der Waals surface area contributed by atoms with Crippen molar-refractivity contribution in [1.29, 1.82) is 0 Å². The number of carbonyl (C=O) groups is 3. The van der Waals surface area contributed by atoms with Crippen LogP contribution in [0.5, 0.6) is 0 Å². The van der Waals surface area contributed by atoms with Crippen molar-refractivity contribution in [3.63, 3.8) is 0 Å². The van der Waals surface area contributed by atoms with Crippen LogP contribution in [0.25, 0.3) is 0 Å². The van der Waals surface area contributed by atoms with Gasteiger partial charge in [-0.2, -0.15) is 4.98 Å². The molecule has 39 heavy (non-hydrogen) atoms. The van der Waals surface area contributed by atoms with Crippen molar-refractivity contribution in [3.8, 4) is 0 Å². The second-order valence-electron chi connectivity index (χ2n) is 9.36. The van der Waals surface area contributed by atoms with Gasteiger partial charge in [-0.05, 0) is 51.2 Å². The summed E-state index contributed by atoms with van der Waals surface area (Å²) in [6.07, 6.45) is 13.9. The molecule has 0 bridgehead atoms. The molecule has 0 saturated carbocycles. The maximum absolute atomic E-state index is 12.5. The second-order valence-corrected chi connectivity index (χ2v) is 9.36. The average Bonchev–Trinajstić information content (AvgIpc) is 3.60. The number of amides is 2. The molecule has 11 nitrogen and oxygen atoms in total. The van der Waals surface area contributed by atoms with Crippen LogP contribution in [0.15, 0.2) is 41.8 Å². The van der Waals surface area contributed by atoms with Crippen LogP contribution in [-0.2, 0) is 14.3 Å². The van der Waals surface area contributed by atoms with E-state index in [9.17, 15) is 14.4 Å². The van der Waals surface area contributed by atoms with Gasteiger partial charge in [0.15, 0.2) is 5.82 Å². The van der Waals surface area contributed by atoms with Gasteiger partial charge < -0.3 is 34.7 Å². The van der Waals surface area contributed by atoms with Crippen molar-refractivity contribution in [3.05, 3.63) is 41.8 Å². The first kappa shape index (κ1) is 29.8. The van der Waals surface area contributed by atoms with E-state index in [0.29, 0.717) is 49.0 Å². The quantitative estimate of drug-likeness (QED) is 0.429. The third-order valence-electron chi connectivity index (χ3n) is 6.83. The lowest BCUT2D eigenvalue weighted by atomic mass is 10.1. The van der Waals surface area contributed by atoms with Gasteiger partial charge in [-0.25, -0.2) is 9.78 Å². The number of aliphatic hydroxyl groups excluding tert-OH is 1. The van der Waals surface area contributed by atoms with E-state index in [1.54, 1.807) is 22.1 Å². The van der Waals surface area contributed by atoms with E-state index in [2.05, 4.69) is 10.3 Å². The second kappa shape index (κ2) is 15.0. The fourth-order valence-corrected chi connectivity index (χ4v) is 4.73. The molecule has 1 atom stereocenters. The topological polar surface area (TPSA) is 128 Å². The predicted molar refractivity (Wildman–Crippen MR) is 151 cm³/mol. The Morgan fingerprint density at radius 2 is 1.92 bits per heavy atom. The number of nitrogens with zero attached hydrogens (tertiary/aromatic N) is 5. The number of ether oxygens (including phenoxy) is 1. The van der Waals surface area contributed by atoms with Crippen molar-refractivity contribution in [2.75, 3.05) is 55.0 Å². The van der Waals surface area contributed by atoms with E-state index in [1.807, 2.05) is 37.0 Å². The number of likely N-dealkylation sites (tertiary alicyclic amines) is 1. The van der Waals surface area contributed by atoms with Crippen LogP contribution in [-0.4, -0.2) is 84.1 Å². The summed E-state index contributed by atoms with van der Waals surface area (Å²) in [7, 11) is 1.00. The molecule has 1 aromatic heterocycles. The summed E-state index contributed by atoms with van der Waals surface area (Å²) in [6, 6.07) is -0.575. The number of rotatable bonds is 10. The molecule has 3 aliphatic rings. The van der Waals surface area contributed by atoms with Crippen molar-refractivity contribution in [1.82, 2.24) is 14.9 Å². The Morgan fingerprint density at radius 3 is 2.56 bits per heavy atom. The maximum atomic E-state index is 12.5. The van der Waals surface area contributed by atoms with Crippen LogP contribution >= 0.6 is 0 Å². The van der Waals surface area contributed by atoms with Gasteiger partial charge in [-0.3, -0.25) is 4.79 Å². The van der Waals surface area contributed by atoms with Gasteiger partial charge in [-0.15, -0.1) is 0 Å². The van der Waals surface area contributed by atoms with E-state index in [0.717, 1.165) is 64.4 Å². The third-order valence-corrected chi connectivity index (χ3v) is 6.83. The van der Waals surface area contributed by atoms with Gasteiger partial charge in [0, 0.05) is 52.7 Å². The number of hydrogen-bond donors (Lipinski definition) is 2. The lowest BCUT2D eigenvalue weighted by Gasteiger charge is -2.25. The minimum atomic E-state index is -0.575. The first-order valence-corrected chi connectivity index (χ1v) is 13.6. The SMILES string of the molecule is CCN(CC)c1ncc(N2CCCC2=O)c(NC(C=O)CC2=CC=C(OC(=O)N3CCCC3)CC=C2)n1.CO. The molecule has 1 aliphatic carbocycles. The predicted octanol–water partition coefficient (Wildman–Crippen LogP) is 3.43. The molecule has 0 spiro atoms. The monoisotopic (exact) mass is 540 g/mol. The maximum Gasteiger partial charge on any atom is 0.414 e. The smallest absolute Gasteiger partial charge is 0.414 e. The molecule has 3 heterocycles. The molecule has 1 unspecified atom stereocenters. The summed E-state index contributed by atoms with van der Waals surface area (Å²) >= 11 is 0. The number of carbonyl (C=O) groups excluding carboxylic acids is 3. The zero-order valence-electron chi connectivity index (χ0n) is 23.1. The van der Waals surface area contributed by atoms with E-state index < -0.39 is 6.04 Å². The number of aromatic nitrogens is 2. The highest BCUT2D eigenvalue weighted by atomic mass is 16.6.